The van der Waals surface area contributed by atoms with E-state index in [0.717, 1.165) is 12.2 Å². The molecule has 0 aromatic heterocycles. The van der Waals surface area contributed by atoms with E-state index in [-0.39, 0.29) is 11.8 Å². The van der Waals surface area contributed by atoms with Crippen molar-refractivity contribution in [2.75, 3.05) is 12.8 Å². The molecule has 0 aromatic carbocycles. The molecule has 5 heteroatoms. The average molecular weight is 218 g/mol. The van der Waals surface area contributed by atoms with E-state index >= 15 is 0 Å². The van der Waals surface area contributed by atoms with Gasteiger partial charge in [-0.05, 0) is 18.6 Å². The number of thioether (sulfide) groups is 1. The van der Waals surface area contributed by atoms with Crippen molar-refractivity contribution < 1.29 is 10.0 Å². The number of hydrogen-bond donors (Lipinski definition) is 2. The highest BCUT2D eigenvalue weighted by molar-refractivity contribution is 8.14. The lowest BCUT2D eigenvalue weighted by Gasteiger charge is -2.13. The molecular formula is C9H18N2O2S. The monoisotopic (exact) mass is 218 g/mol. The molecular weight excluding hydrogens is 200 g/mol. The van der Waals surface area contributed by atoms with Gasteiger partial charge in [-0.1, -0.05) is 19.0 Å². The second kappa shape index (κ2) is 7.67. The number of amides is 1. The summed E-state index contributed by atoms with van der Waals surface area (Å²) in [5, 5.41) is 15.0. The van der Waals surface area contributed by atoms with E-state index in [2.05, 4.69) is 10.5 Å². The molecule has 0 saturated heterocycles. The third kappa shape index (κ3) is 4.00. The minimum atomic E-state index is -0.318. The number of carbonyl (C=O) groups is 1. The Kier molecular flexibility index (Phi) is 7.28. The van der Waals surface area contributed by atoms with Crippen LogP contribution in [0.25, 0.3) is 0 Å². The number of nitrogens with one attached hydrogen (secondary N) is 1. The molecule has 0 heterocycles. The lowest BCUT2D eigenvalue weighted by molar-refractivity contribution is -0.122. The smallest absolute Gasteiger partial charge is 0.229 e. The van der Waals surface area contributed by atoms with Crippen molar-refractivity contribution in [3.63, 3.8) is 0 Å². The predicted octanol–water partition coefficient (Wildman–Crippen LogP) is 1.69. The summed E-state index contributed by atoms with van der Waals surface area (Å²) in [7, 11) is 1.59. The highest BCUT2D eigenvalue weighted by Crippen LogP contribution is 2.17. The van der Waals surface area contributed by atoms with Crippen LogP contribution in [0.4, 0.5) is 0 Å². The molecule has 4 nitrogen and oxygen atoms in total. The number of hydrogen-bond acceptors (Lipinski definition) is 4. The third-order valence-electron chi connectivity index (χ3n) is 1.82. The van der Waals surface area contributed by atoms with Gasteiger partial charge in [-0.15, -0.1) is 11.8 Å². The Bertz CT molecular complexity index is 207. The number of rotatable bonds is 5. The minimum absolute atomic E-state index is 0.0936. The molecule has 0 aliphatic rings. The molecule has 0 aliphatic carbocycles. The zero-order chi connectivity index (χ0) is 11.0. The summed E-state index contributed by atoms with van der Waals surface area (Å²) in [5.74, 6) is 0.456. The first kappa shape index (κ1) is 13.3. The standard InChI is InChI=1S/C9H18N2O2S/c1-4-6-14-9(11-13)7(5-2)8(12)10-3/h7,13H,4-6H2,1-3H3,(H,10,12). The number of carbonyl (C=O) groups excluding carboxylic acids is 1. The van der Waals surface area contributed by atoms with E-state index in [1.807, 2.05) is 13.8 Å². The summed E-state index contributed by atoms with van der Waals surface area (Å²) in [6.07, 6.45) is 1.64. The van der Waals surface area contributed by atoms with Crippen molar-refractivity contribution in [2.45, 2.75) is 26.7 Å². The van der Waals surface area contributed by atoms with Gasteiger partial charge in [-0.25, -0.2) is 0 Å². The van der Waals surface area contributed by atoms with Gasteiger partial charge in [-0.3, -0.25) is 4.79 Å². The van der Waals surface area contributed by atoms with Gasteiger partial charge in [0.15, 0.2) is 0 Å². The van der Waals surface area contributed by atoms with E-state index in [4.69, 9.17) is 5.21 Å². The summed E-state index contributed by atoms with van der Waals surface area (Å²) in [6.45, 7) is 3.94. The predicted molar refractivity (Wildman–Crippen MR) is 59.8 cm³/mol. The zero-order valence-corrected chi connectivity index (χ0v) is 9.73. The topological polar surface area (TPSA) is 61.7 Å². The van der Waals surface area contributed by atoms with Crippen molar-refractivity contribution in [3.8, 4) is 0 Å². The Morgan fingerprint density at radius 2 is 2.21 bits per heavy atom. The van der Waals surface area contributed by atoms with Crippen LogP contribution in [0.3, 0.4) is 0 Å². The zero-order valence-electron chi connectivity index (χ0n) is 8.91. The Balaban J connectivity index is 4.38. The average Bonchev–Trinajstić information content (AvgIpc) is 2.23. The quantitative estimate of drug-likeness (QED) is 0.319. The van der Waals surface area contributed by atoms with Crippen LogP contribution in [0, 0.1) is 5.92 Å². The third-order valence-corrected chi connectivity index (χ3v) is 3.10. The maximum Gasteiger partial charge on any atom is 0.229 e. The Labute approximate surface area is 89.1 Å². The Morgan fingerprint density at radius 3 is 2.57 bits per heavy atom. The fourth-order valence-electron chi connectivity index (χ4n) is 1.05. The molecule has 0 fully saturated rings. The molecule has 0 rings (SSSR count). The summed E-state index contributed by atoms with van der Waals surface area (Å²) in [6, 6.07) is 0. The molecule has 0 spiro atoms. The summed E-state index contributed by atoms with van der Waals surface area (Å²) in [4.78, 5) is 11.4. The number of nitrogens with zero attached hydrogens (tertiary/aromatic N) is 1. The van der Waals surface area contributed by atoms with E-state index in [9.17, 15) is 4.79 Å². The first-order chi connectivity index (χ1) is 6.71. The number of oxime groups is 1. The first-order valence-corrected chi connectivity index (χ1v) is 5.76. The van der Waals surface area contributed by atoms with Crippen molar-refractivity contribution in [3.05, 3.63) is 0 Å². The van der Waals surface area contributed by atoms with E-state index < -0.39 is 0 Å². The van der Waals surface area contributed by atoms with Crippen molar-refractivity contribution in [2.24, 2.45) is 11.1 Å². The van der Waals surface area contributed by atoms with Gasteiger partial charge in [0.25, 0.3) is 0 Å². The maximum absolute atomic E-state index is 11.4. The fourth-order valence-corrected chi connectivity index (χ4v) is 2.00. The van der Waals surface area contributed by atoms with E-state index in [0.29, 0.717) is 11.5 Å². The summed E-state index contributed by atoms with van der Waals surface area (Å²) in [5.41, 5.74) is 0. The first-order valence-electron chi connectivity index (χ1n) is 4.77. The summed E-state index contributed by atoms with van der Waals surface area (Å²) >= 11 is 1.44. The lowest BCUT2D eigenvalue weighted by Crippen LogP contribution is -2.31. The molecule has 1 amide bonds. The molecule has 0 aromatic rings. The highest BCUT2D eigenvalue weighted by Gasteiger charge is 2.22. The van der Waals surface area contributed by atoms with Crippen LogP contribution in [0.2, 0.25) is 0 Å². The summed E-state index contributed by atoms with van der Waals surface area (Å²) < 4.78 is 0. The normalized spacial score (nSPS) is 13.8. The molecule has 0 aliphatic heterocycles. The van der Waals surface area contributed by atoms with Crippen molar-refractivity contribution in [1.29, 1.82) is 0 Å². The molecule has 14 heavy (non-hydrogen) atoms. The largest absolute Gasteiger partial charge is 0.410 e. The fraction of sp³-hybridized carbons (Fsp3) is 0.778. The second-order valence-electron chi connectivity index (χ2n) is 2.86. The second-order valence-corrected chi connectivity index (χ2v) is 3.98. The van der Waals surface area contributed by atoms with Gasteiger partial charge < -0.3 is 10.5 Å². The molecule has 0 bridgehead atoms. The van der Waals surface area contributed by atoms with Crippen LogP contribution in [0.1, 0.15) is 26.7 Å². The van der Waals surface area contributed by atoms with Crippen LogP contribution in [0.15, 0.2) is 5.16 Å². The molecule has 0 radical (unpaired) electrons. The van der Waals surface area contributed by atoms with Crippen LogP contribution in [-0.2, 0) is 4.79 Å². The molecule has 82 valence electrons. The molecule has 1 unspecified atom stereocenters. The van der Waals surface area contributed by atoms with Crippen LogP contribution >= 0.6 is 11.8 Å². The van der Waals surface area contributed by atoms with Gasteiger partial charge in [0.05, 0.1) is 5.92 Å². The van der Waals surface area contributed by atoms with Gasteiger partial charge in [-0.2, -0.15) is 0 Å². The van der Waals surface area contributed by atoms with Crippen molar-refractivity contribution >= 4 is 22.7 Å². The minimum Gasteiger partial charge on any atom is -0.410 e. The van der Waals surface area contributed by atoms with Crippen LogP contribution in [-0.4, -0.2) is 29.0 Å². The highest BCUT2D eigenvalue weighted by atomic mass is 32.2. The van der Waals surface area contributed by atoms with E-state index in [1.54, 1.807) is 7.05 Å². The SMILES string of the molecule is CCCSC(=NO)C(CC)C(=O)NC. The molecule has 1 atom stereocenters. The molecule has 2 N–H and O–H groups in total. The Morgan fingerprint density at radius 1 is 1.57 bits per heavy atom. The molecule has 0 saturated carbocycles. The van der Waals surface area contributed by atoms with Crippen molar-refractivity contribution in [1.82, 2.24) is 5.32 Å². The van der Waals surface area contributed by atoms with Gasteiger partial charge in [0.2, 0.25) is 5.91 Å². The Hall–Kier alpha value is -0.710. The lowest BCUT2D eigenvalue weighted by atomic mass is 10.1. The van der Waals surface area contributed by atoms with Gasteiger partial charge in [0, 0.05) is 7.05 Å². The maximum atomic E-state index is 11.4. The van der Waals surface area contributed by atoms with Crippen LogP contribution in [0.5, 0.6) is 0 Å². The van der Waals surface area contributed by atoms with Gasteiger partial charge in [0.1, 0.15) is 5.04 Å². The van der Waals surface area contributed by atoms with E-state index in [1.165, 1.54) is 11.8 Å². The van der Waals surface area contributed by atoms with Gasteiger partial charge >= 0.3 is 0 Å². The van der Waals surface area contributed by atoms with Crippen LogP contribution < -0.4 is 5.32 Å².